The van der Waals surface area contributed by atoms with Gasteiger partial charge in [0.25, 0.3) is 5.91 Å². The molecule has 2 aromatic rings. The van der Waals surface area contributed by atoms with Crippen molar-refractivity contribution in [1.82, 2.24) is 4.98 Å². The number of amides is 1. The van der Waals surface area contributed by atoms with Gasteiger partial charge in [-0.2, -0.15) is 0 Å². The van der Waals surface area contributed by atoms with E-state index in [2.05, 4.69) is 10.3 Å². The van der Waals surface area contributed by atoms with Gasteiger partial charge in [-0.15, -0.1) is 0 Å². The predicted octanol–water partition coefficient (Wildman–Crippen LogP) is 3.65. The number of methoxy groups -OCH3 is 1. The molecule has 1 heterocycles. The topological polar surface area (TPSA) is 51.2 Å². The van der Waals surface area contributed by atoms with E-state index in [0.29, 0.717) is 21.3 Å². The Morgan fingerprint density at radius 1 is 1.32 bits per heavy atom. The second kappa shape index (κ2) is 5.91. The summed E-state index contributed by atoms with van der Waals surface area (Å²) in [6.07, 6.45) is 1.55. The number of benzene rings is 1. The lowest BCUT2D eigenvalue weighted by Gasteiger charge is -2.09. The first-order chi connectivity index (χ1) is 9.11. The number of rotatable bonds is 3. The molecule has 0 aliphatic heterocycles. The third-order valence-electron chi connectivity index (χ3n) is 2.39. The zero-order valence-electron chi connectivity index (χ0n) is 9.98. The monoisotopic (exact) mass is 296 g/mol. The van der Waals surface area contributed by atoms with Crippen LogP contribution >= 0.6 is 23.2 Å². The van der Waals surface area contributed by atoms with E-state index in [-0.39, 0.29) is 11.8 Å². The van der Waals surface area contributed by atoms with E-state index in [1.54, 1.807) is 36.5 Å². The Hall–Kier alpha value is -1.78. The van der Waals surface area contributed by atoms with Crippen LogP contribution < -0.4 is 10.1 Å². The van der Waals surface area contributed by atoms with Crippen LogP contribution in [-0.4, -0.2) is 18.0 Å². The molecular weight excluding hydrogens is 287 g/mol. The molecule has 0 aliphatic carbocycles. The molecule has 0 radical (unpaired) electrons. The minimum atomic E-state index is -0.353. The highest BCUT2D eigenvalue weighted by Gasteiger charge is 2.14. The SMILES string of the molecule is COc1ncccc1C(=O)Nc1ccc(Cl)cc1Cl. The van der Waals surface area contributed by atoms with Crippen LogP contribution in [0.5, 0.6) is 5.88 Å². The number of hydrogen-bond acceptors (Lipinski definition) is 3. The molecule has 0 saturated heterocycles. The Morgan fingerprint density at radius 2 is 2.11 bits per heavy atom. The Bertz CT molecular complexity index is 617. The average molecular weight is 297 g/mol. The zero-order chi connectivity index (χ0) is 13.8. The molecule has 6 heteroatoms. The van der Waals surface area contributed by atoms with E-state index >= 15 is 0 Å². The van der Waals surface area contributed by atoms with Gasteiger partial charge in [0.1, 0.15) is 5.56 Å². The Labute approximate surface area is 120 Å². The smallest absolute Gasteiger partial charge is 0.261 e. The fourth-order valence-corrected chi connectivity index (χ4v) is 1.96. The first-order valence-corrected chi connectivity index (χ1v) is 6.13. The summed E-state index contributed by atoms with van der Waals surface area (Å²) in [5.74, 6) is -0.0979. The van der Waals surface area contributed by atoms with E-state index in [1.165, 1.54) is 7.11 Å². The van der Waals surface area contributed by atoms with Crippen LogP contribution in [0.4, 0.5) is 5.69 Å². The van der Waals surface area contributed by atoms with Gasteiger partial charge < -0.3 is 10.1 Å². The molecule has 0 aliphatic rings. The average Bonchev–Trinajstić information content (AvgIpc) is 2.41. The standard InChI is InChI=1S/C13H10Cl2N2O2/c1-19-13-9(3-2-6-16-13)12(18)17-11-5-4-8(14)7-10(11)15/h2-7H,1H3,(H,17,18). The number of hydrogen-bond donors (Lipinski definition) is 1. The maximum absolute atomic E-state index is 12.1. The van der Waals surface area contributed by atoms with Crippen LogP contribution in [0.25, 0.3) is 0 Å². The fourth-order valence-electron chi connectivity index (χ4n) is 1.51. The molecule has 0 spiro atoms. The second-order valence-electron chi connectivity index (χ2n) is 3.64. The van der Waals surface area contributed by atoms with Crippen molar-refractivity contribution in [2.24, 2.45) is 0 Å². The van der Waals surface area contributed by atoms with E-state index in [1.807, 2.05) is 0 Å². The highest BCUT2D eigenvalue weighted by atomic mass is 35.5. The maximum atomic E-state index is 12.1. The lowest BCUT2D eigenvalue weighted by atomic mass is 10.2. The van der Waals surface area contributed by atoms with Gasteiger partial charge in [0, 0.05) is 11.2 Å². The summed E-state index contributed by atoms with van der Waals surface area (Å²) in [6, 6.07) is 8.10. The van der Waals surface area contributed by atoms with Gasteiger partial charge in [0.05, 0.1) is 17.8 Å². The van der Waals surface area contributed by atoms with Crippen molar-refractivity contribution in [2.45, 2.75) is 0 Å². The second-order valence-corrected chi connectivity index (χ2v) is 4.48. The number of pyridine rings is 1. The minimum absolute atomic E-state index is 0.255. The molecule has 19 heavy (non-hydrogen) atoms. The maximum Gasteiger partial charge on any atom is 0.261 e. The molecule has 0 unspecified atom stereocenters. The number of halogens is 2. The number of carbonyl (C=O) groups excluding carboxylic acids is 1. The molecule has 1 aromatic carbocycles. The Balaban J connectivity index is 2.26. The van der Waals surface area contributed by atoms with Crippen molar-refractivity contribution in [2.75, 3.05) is 12.4 Å². The molecule has 1 amide bonds. The number of anilines is 1. The quantitative estimate of drug-likeness (QED) is 0.940. The summed E-state index contributed by atoms with van der Waals surface area (Å²) in [5.41, 5.74) is 0.804. The van der Waals surface area contributed by atoms with Crippen molar-refractivity contribution in [1.29, 1.82) is 0 Å². The van der Waals surface area contributed by atoms with Crippen molar-refractivity contribution in [3.8, 4) is 5.88 Å². The van der Waals surface area contributed by atoms with Crippen LogP contribution in [0.1, 0.15) is 10.4 Å². The first-order valence-electron chi connectivity index (χ1n) is 5.37. The summed E-state index contributed by atoms with van der Waals surface area (Å²) in [6.45, 7) is 0. The van der Waals surface area contributed by atoms with Crippen molar-refractivity contribution >= 4 is 34.8 Å². The highest BCUT2D eigenvalue weighted by molar-refractivity contribution is 6.36. The zero-order valence-corrected chi connectivity index (χ0v) is 11.5. The third-order valence-corrected chi connectivity index (χ3v) is 2.94. The van der Waals surface area contributed by atoms with Gasteiger partial charge in [0.2, 0.25) is 5.88 Å². The fraction of sp³-hybridized carbons (Fsp3) is 0.0769. The van der Waals surface area contributed by atoms with Gasteiger partial charge >= 0.3 is 0 Å². The molecular formula is C13H10Cl2N2O2. The largest absolute Gasteiger partial charge is 0.480 e. The van der Waals surface area contributed by atoms with E-state index in [9.17, 15) is 4.79 Å². The van der Waals surface area contributed by atoms with E-state index in [0.717, 1.165) is 0 Å². The summed E-state index contributed by atoms with van der Waals surface area (Å²) in [5, 5.41) is 3.55. The van der Waals surface area contributed by atoms with Crippen molar-refractivity contribution in [3.63, 3.8) is 0 Å². The molecule has 0 bridgehead atoms. The number of nitrogens with zero attached hydrogens (tertiary/aromatic N) is 1. The van der Waals surface area contributed by atoms with Gasteiger partial charge in [-0.3, -0.25) is 4.79 Å². The molecule has 0 atom stereocenters. The van der Waals surface area contributed by atoms with Crippen LogP contribution in [-0.2, 0) is 0 Å². The normalized spacial score (nSPS) is 10.1. The van der Waals surface area contributed by atoms with E-state index < -0.39 is 0 Å². The lowest BCUT2D eigenvalue weighted by Crippen LogP contribution is -2.14. The number of nitrogens with one attached hydrogen (secondary N) is 1. The molecule has 4 nitrogen and oxygen atoms in total. The van der Waals surface area contributed by atoms with Gasteiger partial charge in [-0.1, -0.05) is 23.2 Å². The highest BCUT2D eigenvalue weighted by Crippen LogP contribution is 2.26. The van der Waals surface area contributed by atoms with E-state index in [4.69, 9.17) is 27.9 Å². The predicted molar refractivity (Wildman–Crippen MR) is 75.2 cm³/mol. The van der Waals surface area contributed by atoms with Gasteiger partial charge in [-0.25, -0.2) is 4.98 Å². The Kier molecular flexibility index (Phi) is 4.24. The number of aromatic nitrogens is 1. The molecule has 1 aromatic heterocycles. The summed E-state index contributed by atoms with van der Waals surface area (Å²) in [4.78, 5) is 16.1. The molecule has 98 valence electrons. The number of ether oxygens (including phenoxy) is 1. The minimum Gasteiger partial charge on any atom is -0.480 e. The summed E-state index contributed by atoms with van der Waals surface area (Å²) in [7, 11) is 1.45. The molecule has 2 rings (SSSR count). The summed E-state index contributed by atoms with van der Waals surface area (Å²) >= 11 is 11.8. The van der Waals surface area contributed by atoms with Crippen LogP contribution in [0.3, 0.4) is 0 Å². The van der Waals surface area contributed by atoms with Crippen molar-refractivity contribution < 1.29 is 9.53 Å². The van der Waals surface area contributed by atoms with Crippen LogP contribution in [0, 0.1) is 0 Å². The molecule has 0 saturated carbocycles. The van der Waals surface area contributed by atoms with Gasteiger partial charge in [-0.05, 0) is 30.3 Å². The van der Waals surface area contributed by atoms with Crippen LogP contribution in [0.15, 0.2) is 36.5 Å². The van der Waals surface area contributed by atoms with Gasteiger partial charge in [0.15, 0.2) is 0 Å². The first kappa shape index (κ1) is 13.6. The Morgan fingerprint density at radius 3 is 2.79 bits per heavy atom. The third kappa shape index (κ3) is 3.16. The number of carbonyl (C=O) groups is 1. The van der Waals surface area contributed by atoms with Crippen molar-refractivity contribution in [3.05, 3.63) is 52.1 Å². The lowest BCUT2D eigenvalue weighted by molar-refractivity contribution is 0.102. The van der Waals surface area contributed by atoms with Crippen LogP contribution in [0.2, 0.25) is 10.0 Å². The molecule has 1 N–H and O–H groups in total. The summed E-state index contributed by atoms with van der Waals surface area (Å²) < 4.78 is 5.03. The molecule has 0 fully saturated rings.